The van der Waals surface area contributed by atoms with Crippen molar-refractivity contribution >= 4 is 30.3 Å². The summed E-state index contributed by atoms with van der Waals surface area (Å²) in [5.74, 6) is -0.895. The molecule has 70 heavy (non-hydrogen) atoms. The lowest BCUT2D eigenvalue weighted by Crippen LogP contribution is -2.67. The summed E-state index contributed by atoms with van der Waals surface area (Å²) < 4.78 is 47.4. The molecule has 3 aliphatic heterocycles. The fourth-order valence-corrected chi connectivity index (χ4v) is 8.76. The van der Waals surface area contributed by atoms with Gasteiger partial charge < -0.3 is 80.2 Å². The molecule has 0 spiro atoms. The topological polar surface area (TPSA) is 310 Å². The van der Waals surface area contributed by atoms with Gasteiger partial charge in [-0.2, -0.15) is 0 Å². The number of nitrogens with zero attached hydrogens (tertiary/aromatic N) is 2. The Morgan fingerprint density at radius 1 is 0.771 bits per heavy atom. The lowest BCUT2D eigenvalue weighted by atomic mass is 9.85. The van der Waals surface area contributed by atoms with Gasteiger partial charge >= 0.3 is 24.4 Å². The Balaban J connectivity index is 1.76. The number of hydrogen-bond donors (Lipinski definition) is 8. The molecule has 4 fully saturated rings. The summed E-state index contributed by atoms with van der Waals surface area (Å²) in [6.07, 6.45) is -12.6. The van der Waals surface area contributed by atoms with Crippen LogP contribution < -0.4 is 27.0 Å². The molecule has 24 heteroatoms. The van der Waals surface area contributed by atoms with E-state index in [-0.39, 0.29) is 39.0 Å². The first kappa shape index (κ1) is 58.7. The van der Waals surface area contributed by atoms with Crippen molar-refractivity contribution in [1.29, 1.82) is 0 Å². The first-order valence-electron chi connectivity index (χ1n) is 24.0. The van der Waals surface area contributed by atoms with Crippen LogP contribution in [0.1, 0.15) is 130 Å². The summed E-state index contributed by atoms with van der Waals surface area (Å²) in [5, 5.41) is 46.9. The number of amides is 5. The summed E-state index contributed by atoms with van der Waals surface area (Å²) in [6, 6.07) is -5.39. The Bertz CT molecular complexity index is 1810. The second-order valence-corrected chi connectivity index (χ2v) is 23.1. The van der Waals surface area contributed by atoms with Gasteiger partial charge in [-0.05, 0) is 137 Å². The largest absolute Gasteiger partial charge is 0.444 e. The van der Waals surface area contributed by atoms with E-state index >= 15 is 4.79 Å². The first-order valence-corrected chi connectivity index (χ1v) is 24.0. The van der Waals surface area contributed by atoms with Gasteiger partial charge in [0.15, 0.2) is 12.4 Å². The van der Waals surface area contributed by atoms with Gasteiger partial charge in [-0.1, -0.05) is 0 Å². The van der Waals surface area contributed by atoms with E-state index in [0.29, 0.717) is 6.42 Å². The molecule has 9 N–H and O–H groups in total. The number of carbonyl (C=O) groups is 5. The number of aliphatic hydroxyl groups excluding tert-OH is 2. The molecule has 0 aromatic rings. The van der Waals surface area contributed by atoms with E-state index in [1.165, 1.54) is 18.9 Å². The zero-order valence-corrected chi connectivity index (χ0v) is 43.9. The van der Waals surface area contributed by atoms with Crippen molar-refractivity contribution in [3.05, 3.63) is 0 Å². The van der Waals surface area contributed by atoms with Gasteiger partial charge in [-0.25, -0.2) is 29.1 Å². The molecule has 0 radical (unpaired) electrons. The average molecular weight is 1010 g/mol. The van der Waals surface area contributed by atoms with Crippen LogP contribution in [-0.4, -0.2) is 189 Å². The number of aliphatic hydroxyl groups is 3. The van der Waals surface area contributed by atoms with Crippen LogP contribution in [0.25, 0.3) is 0 Å². The van der Waals surface area contributed by atoms with Crippen molar-refractivity contribution in [2.24, 2.45) is 5.73 Å². The lowest BCUT2D eigenvalue weighted by Gasteiger charge is -2.48. The normalized spacial score (nSPS) is 32.8. The molecule has 4 rings (SSSR count). The molecule has 4 aliphatic rings. The number of rotatable bonds is 12. The van der Waals surface area contributed by atoms with Gasteiger partial charge in [0.25, 0.3) is 5.91 Å². The van der Waals surface area contributed by atoms with E-state index in [1.807, 2.05) is 0 Å². The number of hydrogen-bond acceptors (Lipinski definition) is 19. The smallest absolute Gasteiger partial charge is 0.412 e. The predicted octanol–water partition coefficient (Wildman–Crippen LogP) is 2.23. The standard InChI is InChI=1S/C46H83N7O17/c1-41(2,3)66-37(57)49-22-25-17-18-26(50-38(58)67-42(4,5)6)35(63-25)64-31-27(51-39(59)68-43(7,8)9)19-24(20-29(31)54)53(70-36-30(55)33(48-16)46(15,61)23-62-36)34(56)32-28(21-47)52(45(13,14)65-32)40(60)69-44(10,11)12/h24-33,35-36,48,54-55,61H,17-23,47H2,1-16H3,(H,49,57)(H,50,58)(H,51,59)/t24?,25-,26+,27-,28+,29-,30+,31+,32-,33+,35+,36+,46-/m0/s1. The molecule has 13 atom stereocenters. The maximum Gasteiger partial charge on any atom is 0.412 e. The highest BCUT2D eigenvalue weighted by molar-refractivity contribution is 5.83. The van der Waals surface area contributed by atoms with Crippen LogP contribution in [0.5, 0.6) is 0 Å². The second kappa shape index (κ2) is 22.5. The van der Waals surface area contributed by atoms with Crippen LogP contribution in [0.3, 0.4) is 0 Å². The molecule has 3 heterocycles. The van der Waals surface area contributed by atoms with Crippen LogP contribution >= 0.6 is 0 Å². The summed E-state index contributed by atoms with van der Waals surface area (Å²) in [7, 11) is 1.52. The Morgan fingerprint density at radius 3 is 1.84 bits per heavy atom. The van der Waals surface area contributed by atoms with Crippen molar-refractivity contribution in [2.45, 2.75) is 237 Å². The molecular formula is C46H83N7O17. The fraction of sp³-hybridized carbons (Fsp3) is 0.891. The summed E-state index contributed by atoms with van der Waals surface area (Å²) in [4.78, 5) is 75.9. The number of nitrogens with two attached hydrogens (primary N) is 1. The van der Waals surface area contributed by atoms with Gasteiger partial charge in [0.05, 0.1) is 49.0 Å². The number of carbonyl (C=O) groups excluding carboxylic acids is 5. The molecule has 1 aliphatic carbocycles. The molecule has 0 aromatic carbocycles. The van der Waals surface area contributed by atoms with E-state index in [1.54, 1.807) is 96.9 Å². The highest BCUT2D eigenvalue weighted by Gasteiger charge is 2.57. The van der Waals surface area contributed by atoms with Crippen LogP contribution in [0, 0.1) is 0 Å². The summed E-state index contributed by atoms with van der Waals surface area (Å²) >= 11 is 0. The number of alkyl carbamates (subject to hydrolysis) is 3. The number of ether oxygens (including phenoxy) is 8. The van der Waals surface area contributed by atoms with Gasteiger partial charge in [0.1, 0.15) is 45.9 Å². The van der Waals surface area contributed by atoms with Gasteiger partial charge in [0, 0.05) is 13.1 Å². The maximum atomic E-state index is 15.2. The monoisotopic (exact) mass is 1010 g/mol. The highest BCUT2D eigenvalue weighted by Crippen LogP contribution is 2.38. The van der Waals surface area contributed by atoms with Crippen LogP contribution in [0.2, 0.25) is 0 Å². The zero-order chi connectivity index (χ0) is 53.1. The van der Waals surface area contributed by atoms with Crippen molar-refractivity contribution in [3.63, 3.8) is 0 Å². The molecule has 404 valence electrons. The third-order valence-corrected chi connectivity index (χ3v) is 11.5. The second-order valence-electron chi connectivity index (χ2n) is 23.1. The summed E-state index contributed by atoms with van der Waals surface area (Å²) in [5.41, 5.74) is -0.277. The Morgan fingerprint density at radius 2 is 1.31 bits per heavy atom. The Kier molecular flexibility index (Phi) is 18.9. The first-order chi connectivity index (χ1) is 31.9. The highest BCUT2D eigenvalue weighted by atomic mass is 16.8. The minimum Gasteiger partial charge on any atom is -0.444 e. The van der Waals surface area contributed by atoms with E-state index in [4.69, 9.17) is 48.5 Å². The molecule has 3 saturated heterocycles. The minimum absolute atomic E-state index is 0.00859. The number of nitrogens with one attached hydrogen (secondary N) is 4. The van der Waals surface area contributed by atoms with Gasteiger partial charge in [-0.3, -0.25) is 9.69 Å². The third-order valence-electron chi connectivity index (χ3n) is 11.5. The molecule has 1 saturated carbocycles. The van der Waals surface area contributed by atoms with E-state index in [9.17, 15) is 34.5 Å². The van der Waals surface area contributed by atoms with Crippen molar-refractivity contribution in [1.82, 2.24) is 31.2 Å². The molecule has 5 amide bonds. The molecular weight excluding hydrogens is 923 g/mol. The Labute approximate surface area is 411 Å². The quantitative estimate of drug-likeness (QED) is 0.103. The SMILES string of the molecule is CN[C@@H]1[C@@H](O)[C@@H](ON(C(=O)[C@H]2OC(C)(C)N(C(=O)OC(C)(C)C)[C@@H]2CN)C2C[C@H](NC(=O)OC(C)(C)C)[C@@H](O[C@H]3O[C@H](CNC(=O)OC(C)(C)C)CC[C@H]3NC(=O)OC(C)(C)C)[C@@H](O)C2)OC[C@]1(C)O. The summed E-state index contributed by atoms with van der Waals surface area (Å²) in [6.45, 7) is 24.3. The average Bonchev–Trinajstić information content (AvgIpc) is 3.46. The van der Waals surface area contributed by atoms with E-state index in [0.717, 1.165) is 5.06 Å². The minimum atomic E-state index is -1.60. The van der Waals surface area contributed by atoms with Crippen LogP contribution in [0.4, 0.5) is 19.2 Å². The molecule has 24 nitrogen and oxygen atoms in total. The fourth-order valence-electron chi connectivity index (χ4n) is 8.76. The maximum absolute atomic E-state index is 15.2. The molecule has 0 bridgehead atoms. The predicted molar refractivity (Wildman–Crippen MR) is 249 cm³/mol. The Hall–Kier alpha value is -3.85. The van der Waals surface area contributed by atoms with Crippen molar-refractivity contribution in [2.75, 3.05) is 26.7 Å². The van der Waals surface area contributed by atoms with Crippen molar-refractivity contribution < 1.29 is 82.0 Å². The molecule has 0 aromatic heterocycles. The lowest BCUT2D eigenvalue weighted by molar-refractivity contribution is -0.345. The van der Waals surface area contributed by atoms with E-state index < -0.39 is 137 Å². The van der Waals surface area contributed by atoms with Gasteiger partial charge in [-0.15, -0.1) is 0 Å². The molecule has 1 unspecified atom stereocenters. The van der Waals surface area contributed by atoms with Crippen molar-refractivity contribution in [3.8, 4) is 0 Å². The van der Waals surface area contributed by atoms with Gasteiger partial charge in [0.2, 0.25) is 6.29 Å². The zero-order valence-electron chi connectivity index (χ0n) is 43.9. The van der Waals surface area contributed by atoms with Crippen LogP contribution in [0.15, 0.2) is 0 Å². The number of hydroxylamine groups is 2. The van der Waals surface area contributed by atoms with Crippen LogP contribution in [-0.2, 0) is 47.5 Å². The third kappa shape index (κ3) is 16.3. The van der Waals surface area contributed by atoms with E-state index in [2.05, 4.69) is 21.3 Å². The number of likely N-dealkylation sites (N-methyl/N-ethyl adjacent to an activating group) is 1.